The van der Waals surface area contributed by atoms with E-state index in [-0.39, 0.29) is 11.3 Å². The van der Waals surface area contributed by atoms with Crippen molar-refractivity contribution in [3.8, 4) is 0 Å². The van der Waals surface area contributed by atoms with E-state index in [2.05, 4.69) is 18.8 Å². The van der Waals surface area contributed by atoms with E-state index in [1.165, 1.54) is 10.1 Å². The van der Waals surface area contributed by atoms with Crippen LogP contribution in [0.3, 0.4) is 0 Å². The molecule has 3 aromatic heterocycles. The SMILES string of the molecule is CC1(C)Cc2c(sc3[nH]c(=O)[n+](Cc4ccco4)c(N)c23)CO1. The lowest BCUT2D eigenvalue weighted by Crippen LogP contribution is -2.53. The lowest BCUT2D eigenvalue weighted by molar-refractivity contribution is -0.691. The minimum atomic E-state index is -0.231. The number of thiophene rings is 1. The van der Waals surface area contributed by atoms with E-state index in [1.54, 1.807) is 23.7 Å². The van der Waals surface area contributed by atoms with Crippen LogP contribution in [-0.4, -0.2) is 10.6 Å². The summed E-state index contributed by atoms with van der Waals surface area (Å²) >= 11 is 1.55. The summed E-state index contributed by atoms with van der Waals surface area (Å²) in [5.41, 5.74) is 7.09. The van der Waals surface area contributed by atoms with Crippen molar-refractivity contribution in [3.05, 3.63) is 45.1 Å². The molecule has 0 unspecified atom stereocenters. The zero-order valence-corrected chi connectivity index (χ0v) is 13.8. The molecule has 3 aromatic rings. The molecular weight excluding hydrogens is 314 g/mol. The van der Waals surface area contributed by atoms with Crippen LogP contribution in [0.15, 0.2) is 27.6 Å². The summed E-state index contributed by atoms with van der Waals surface area (Å²) in [4.78, 5) is 17.3. The predicted octanol–water partition coefficient (Wildman–Crippen LogP) is 1.95. The average molecular weight is 332 g/mol. The molecule has 0 radical (unpaired) electrons. The maximum atomic E-state index is 12.4. The molecule has 23 heavy (non-hydrogen) atoms. The summed E-state index contributed by atoms with van der Waals surface area (Å²) in [6.07, 6.45) is 2.37. The first kappa shape index (κ1) is 14.5. The van der Waals surface area contributed by atoms with Crippen molar-refractivity contribution < 1.29 is 13.7 Å². The van der Waals surface area contributed by atoms with Crippen LogP contribution in [0.25, 0.3) is 10.2 Å². The van der Waals surface area contributed by atoms with Gasteiger partial charge < -0.3 is 14.9 Å². The van der Waals surface area contributed by atoms with Gasteiger partial charge >= 0.3 is 5.69 Å². The van der Waals surface area contributed by atoms with Gasteiger partial charge in [0.05, 0.1) is 18.5 Å². The Labute approximate surface area is 136 Å². The molecule has 0 bridgehead atoms. The monoisotopic (exact) mass is 332 g/mol. The number of H-pyrrole nitrogens is 1. The van der Waals surface area contributed by atoms with Crippen molar-refractivity contribution in [3.63, 3.8) is 0 Å². The zero-order chi connectivity index (χ0) is 16.2. The van der Waals surface area contributed by atoms with Crippen molar-refractivity contribution in [2.24, 2.45) is 0 Å². The number of anilines is 1. The van der Waals surface area contributed by atoms with Gasteiger partial charge in [-0.25, -0.2) is 9.78 Å². The van der Waals surface area contributed by atoms with E-state index in [9.17, 15) is 4.79 Å². The number of hydrogen-bond donors (Lipinski definition) is 2. The molecule has 0 fully saturated rings. The molecule has 7 heteroatoms. The van der Waals surface area contributed by atoms with E-state index in [0.717, 1.165) is 21.5 Å². The van der Waals surface area contributed by atoms with Crippen molar-refractivity contribution in [2.75, 3.05) is 5.73 Å². The standard InChI is InChI=1S/C16H17N3O3S/c1-16(2)6-10-11(8-22-16)23-14-12(10)13(17)19(15(20)18-14)7-9-4-3-5-21-9/h3-5H,6-8H2,1-2H3,(H2,17,18,20)/p+1. The molecular formula is C16H18N3O3S+. The second-order valence-electron chi connectivity index (χ2n) is 6.41. The van der Waals surface area contributed by atoms with Crippen LogP contribution < -0.4 is 16.0 Å². The number of nitrogens with two attached hydrogens (primary N) is 1. The Morgan fingerprint density at radius 1 is 1.48 bits per heavy atom. The third-order valence-corrected chi connectivity index (χ3v) is 5.31. The fourth-order valence-electron chi connectivity index (χ4n) is 3.04. The summed E-state index contributed by atoms with van der Waals surface area (Å²) in [7, 11) is 0. The van der Waals surface area contributed by atoms with Crippen LogP contribution in [0.1, 0.15) is 30.0 Å². The third-order valence-electron chi connectivity index (χ3n) is 4.19. The lowest BCUT2D eigenvalue weighted by atomic mass is 9.94. The van der Waals surface area contributed by atoms with Crippen molar-refractivity contribution in [1.29, 1.82) is 0 Å². The van der Waals surface area contributed by atoms with Crippen LogP contribution in [0.5, 0.6) is 0 Å². The van der Waals surface area contributed by atoms with Crippen molar-refractivity contribution >= 4 is 27.4 Å². The van der Waals surface area contributed by atoms with E-state index in [4.69, 9.17) is 14.9 Å². The summed E-state index contributed by atoms with van der Waals surface area (Å²) in [5.74, 6) is 1.18. The van der Waals surface area contributed by atoms with Gasteiger partial charge in [-0.1, -0.05) is 0 Å². The lowest BCUT2D eigenvalue weighted by Gasteiger charge is -2.29. The summed E-state index contributed by atoms with van der Waals surface area (Å²) in [6, 6.07) is 3.63. The molecule has 3 N–H and O–H groups in total. The molecule has 4 heterocycles. The molecule has 120 valence electrons. The van der Waals surface area contributed by atoms with Gasteiger partial charge in [0.15, 0.2) is 4.83 Å². The van der Waals surface area contributed by atoms with Gasteiger partial charge in [-0.2, -0.15) is 4.57 Å². The Morgan fingerprint density at radius 2 is 2.30 bits per heavy atom. The Balaban J connectivity index is 1.91. The number of furan rings is 1. The third kappa shape index (κ3) is 2.36. The maximum absolute atomic E-state index is 12.4. The highest BCUT2D eigenvalue weighted by Gasteiger charge is 2.32. The molecule has 0 saturated heterocycles. The van der Waals surface area contributed by atoms with Crippen LogP contribution in [0.2, 0.25) is 0 Å². The number of fused-ring (bicyclic) bond motifs is 3. The first-order chi connectivity index (χ1) is 10.9. The van der Waals surface area contributed by atoms with Crippen molar-refractivity contribution in [2.45, 2.75) is 39.0 Å². The van der Waals surface area contributed by atoms with Gasteiger partial charge in [0.25, 0.3) is 0 Å². The van der Waals surface area contributed by atoms with E-state index < -0.39 is 0 Å². The molecule has 6 nitrogen and oxygen atoms in total. The van der Waals surface area contributed by atoms with Gasteiger partial charge in [0.2, 0.25) is 5.82 Å². The Kier molecular flexibility index (Phi) is 3.11. The van der Waals surface area contributed by atoms with Crippen molar-refractivity contribution in [1.82, 2.24) is 4.98 Å². The quantitative estimate of drug-likeness (QED) is 0.703. The Hall–Kier alpha value is -2.12. The van der Waals surface area contributed by atoms with Crippen LogP contribution >= 0.6 is 11.3 Å². The van der Waals surface area contributed by atoms with Gasteiger partial charge in [-0.05, 0) is 31.5 Å². The second kappa shape index (κ2) is 4.94. The van der Waals surface area contributed by atoms with E-state index in [1.807, 2.05) is 6.07 Å². The van der Waals surface area contributed by atoms with Gasteiger partial charge in [-0.15, -0.1) is 11.3 Å². The molecule has 0 saturated carbocycles. The summed E-state index contributed by atoms with van der Waals surface area (Å²) in [6.45, 7) is 5.01. The van der Waals surface area contributed by atoms with Gasteiger partial charge in [0, 0.05) is 11.3 Å². The molecule has 0 atom stereocenters. The molecule has 0 amide bonds. The fraction of sp³-hybridized carbons (Fsp3) is 0.375. The minimum absolute atomic E-state index is 0.227. The van der Waals surface area contributed by atoms with Crippen LogP contribution in [0, 0.1) is 0 Å². The topological polar surface area (TPSA) is 85.1 Å². The number of hydrogen-bond acceptors (Lipinski definition) is 5. The number of nitrogen functional groups attached to an aromatic ring is 1. The predicted molar refractivity (Wildman–Crippen MR) is 87.4 cm³/mol. The fourth-order valence-corrected chi connectivity index (χ4v) is 4.17. The first-order valence-corrected chi connectivity index (χ1v) is 8.28. The second-order valence-corrected chi connectivity index (χ2v) is 7.52. The smallest absolute Gasteiger partial charge is 0.442 e. The minimum Gasteiger partial charge on any atom is -0.466 e. The highest BCUT2D eigenvalue weighted by atomic mass is 32.1. The molecule has 4 rings (SSSR count). The number of ether oxygens (including phenoxy) is 1. The maximum Gasteiger partial charge on any atom is 0.442 e. The Morgan fingerprint density at radius 3 is 3.04 bits per heavy atom. The number of nitrogens with one attached hydrogen (secondary N) is 1. The number of aromatic amines is 1. The molecule has 1 aliphatic rings. The zero-order valence-electron chi connectivity index (χ0n) is 13.0. The number of rotatable bonds is 2. The van der Waals surface area contributed by atoms with Gasteiger partial charge in [0.1, 0.15) is 17.7 Å². The molecule has 1 aliphatic heterocycles. The number of aromatic nitrogens is 2. The van der Waals surface area contributed by atoms with Crippen LogP contribution in [-0.2, 0) is 24.3 Å². The van der Waals surface area contributed by atoms with Crippen LogP contribution in [0.4, 0.5) is 5.82 Å². The Bertz CT molecular complexity index is 938. The highest BCUT2D eigenvalue weighted by molar-refractivity contribution is 7.18. The van der Waals surface area contributed by atoms with E-state index in [0.29, 0.717) is 24.7 Å². The normalized spacial score (nSPS) is 16.6. The van der Waals surface area contributed by atoms with Gasteiger partial charge in [-0.3, -0.25) is 0 Å². The molecule has 0 spiro atoms. The highest BCUT2D eigenvalue weighted by Crippen LogP contribution is 2.39. The largest absolute Gasteiger partial charge is 0.466 e. The average Bonchev–Trinajstić information content (AvgIpc) is 3.09. The van der Waals surface area contributed by atoms with E-state index >= 15 is 0 Å². The summed E-state index contributed by atoms with van der Waals surface area (Å²) in [5, 5.41) is 0.938. The first-order valence-electron chi connectivity index (χ1n) is 7.47. The summed E-state index contributed by atoms with van der Waals surface area (Å²) < 4.78 is 12.7. The molecule has 0 aliphatic carbocycles. The molecule has 0 aromatic carbocycles. The number of nitrogens with zero attached hydrogens (tertiary/aromatic N) is 1.